The zero-order chi connectivity index (χ0) is 26.3. The van der Waals surface area contributed by atoms with Gasteiger partial charge in [0.05, 0.1) is 0 Å². The lowest BCUT2D eigenvalue weighted by molar-refractivity contribution is 1.42. The summed E-state index contributed by atoms with van der Waals surface area (Å²) in [5.41, 5.74) is 8.29. The maximum atomic E-state index is 2.37. The van der Waals surface area contributed by atoms with E-state index in [-0.39, 0.29) is 0 Å². The van der Waals surface area contributed by atoms with Crippen LogP contribution >= 0.6 is 0 Å². The highest BCUT2D eigenvalue weighted by Crippen LogP contribution is 2.45. The number of hydrogen-bond donors (Lipinski definition) is 0. The van der Waals surface area contributed by atoms with Gasteiger partial charge in [-0.2, -0.15) is 0 Å². The summed E-state index contributed by atoms with van der Waals surface area (Å²) in [7, 11) is 0. The fraction of sp³-hybridized carbons (Fsp3) is 0.412. The Kier molecular flexibility index (Phi) is 11.0. The zero-order valence-corrected chi connectivity index (χ0v) is 24.5. The molecular formula is C34H48. The average molecular weight is 457 g/mol. The fourth-order valence-corrected chi connectivity index (χ4v) is 5.39. The van der Waals surface area contributed by atoms with Crippen LogP contribution in [0.5, 0.6) is 0 Å². The molecule has 0 heterocycles. The summed E-state index contributed by atoms with van der Waals surface area (Å²) in [5.74, 6) is 0. The molecule has 34 heavy (non-hydrogen) atoms. The molecule has 5 rings (SSSR count). The first kappa shape index (κ1) is 29.4. The molecule has 0 aliphatic heterocycles. The van der Waals surface area contributed by atoms with E-state index >= 15 is 0 Å². The molecule has 184 valence electrons. The average Bonchev–Trinajstić information content (AvgIpc) is 2.86. The molecule has 0 aliphatic carbocycles. The Morgan fingerprint density at radius 1 is 0.294 bits per heavy atom. The van der Waals surface area contributed by atoms with Crippen molar-refractivity contribution in [3.05, 3.63) is 69.8 Å². The summed E-state index contributed by atoms with van der Waals surface area (Å²) in [5, 5.41) is 11.5. The van der Waals surface area contributed by atoms with Gasteiger partial charge >= 0.3 is 0 Å². The lowest BCUT2D eigenvalue weighted by Crippen LogP contribution is -1.96. The van der Waals surface area contributed by atoms with Crippen molar-refractivity contribution in [1.82, 2.24) is 0 Å². The van der Waals surface area contributed by atoms with Gasteiger partial charge in [-0.1, -0.05) is 91.8 Å². The van der Waals surface area contributed by atoms with Crippen LogP contribution in [0.15, 0.2) is 36.4 Å². The maximum Gasteiger partial charge on any atom is -0.00183 e. The second-order valence-electron chi connectivity index (χ2n) is 8.13. The van der Waals surface area contributed by atoms with E-state index in [4.69, 9.17) is 0 Å². The third-order valence-electron chi connectivity index (χ3n) is 6.31. The number of rotatable bonds is 0. The standard InChI is InChI=1S/C26H24.4C2H6/c1-13-7-9-19-24-18(6)12-16(4)22-14(2)8-10-20(26(22)24)23-17(5)11-15(3)21(13)25(19)23;4*1-2/h7-12H,1-6H3;4*1-2H3. The van der Waals surface area contributed by atoms with E-state index in [9.17, 15) is 0 Å². The molecule has 5 aromatic carbocycles. The van der Waals surface area contributed by atoms with Crippen LogP contribution in [-0.4, -0.2) is 0 Å². The minimum Gasteiger partial charge on any atom is -0.0683 e. The molecule has 0 N–H and O–H groups in total. The maximum absolute atomic E-state index is 2.37. The molecule has 0 aromatic heterocycles. The van der Waals surface area contributed by atoms with E-state index in [2.05, 4.69) is 77.9 Å². The van der Waals surface area contributed by atoms with Crippen LogP contribution in [0.2, 0.25) is 0 Å². The van der Waals surface area contributed by atoms with Gasteiger partial charge in [0.15, 0.2) is 0 Å². The van der Waals surface area contributed by atoms with Crippen molar-refractivity contribution in [3.63, 3.8) is 0 Å². The predicted octanol–water partition coefficient (Wildman–Crippen LogP) is 11.7. The van der Waals surface area contributed by atoms with E-state index in [0.717, 1.165) is 0 Å². The smallest absolute Gasteiger partial charge is 0.00183 e. The second kappa shape index (κ2) is 12.7. The van der Waals surface area contributed by atoms with Crippen LogP contribution in [-0.2, 0) is 0 Å². The first-order chi connectivity index (χ1) is 16.4. The fourth-order valence-electron chi connectivity index (χ4n) is 5.39. The van der Waals surface area contributed by atoms with Gasteiger partial charge in [0, 0.05) is 0 Å². The summed E-state index contributed by atoms with van der Waals surface area (Å²) in [6, 6.07) is 14.0. The highest BCUT2D eigenvalue weighted by molar-refractivity contribution is 6.35. The first-order valence-corrected chi connectivity index (χ1v) is 13.5. The van der Waals surface area contributed by atoms with Crippen LogP contribution in [0.3, 0.4) is 0 Å². The number of hydrogen-bond acceptors (Lipinski definition) is 0. The van der Waals surface area contributed by atoms with Gasteiger partial charge in [0.25, 0.3) is 0 Å². The van der Waals surface area contributed by atoms with Crippen molar-refractivity contribution in [3.8, 4) is 0 Å². The monoisotopic (exact) mass is 456 g/mol. The Morgan fingerprint density at radius 2 is 0.559 bits per heavy atom. The summed E-state index contributed by atoms with van der Waals surface area (Å²) >= 11 is 0. The molecule has 0 fully saturated rings. The SMILES string of the molecule is CC.CC.CC.CC.Cc1ccc2c3c(C)cc(C)c4c(C)ccc(c5c(C)cc(C)c1c25)c43. The van der Waals surface area contributed by atoms with E-state index in [1.807, 2.05) is 55.4 Å². The Labute approximate surface area is 209 Å². The van der Waals surface area contributed by atoms with Crippen molar-refractivity contribution in [2.45, 2.75) is 96.9 Å². The van der Waals surface area contributed by atoms with Crippen molar-refractivity contribution in [1.29, 1.82) is 0 Å². The minimum absolute atomic E-state index is 1.37. The van der Waals surface area contributed by atoms with Crippen LogP contribution in [0.25, 0.3) is 43.1 Å². The number of aryl methyl sites for hydroxylation is 6. The summed E-state index contributed by atoms with van der Waals surface area (Å²) in [6.07, 6.45) is 0. The Morgan fingerprint density at radius 3 is 0.853 bits per heavy atom. The Bertz CT molecular complexity index is 1260. The Balaban J connectivity index is 0.000000659. The van der Waals surface area contributed by atoms with Crippen molar-refractivity contribution < 1.29 is 0 Å². The summed E-state index contributed by atoms with van der Waals surface area (Å²) < 4.78 is 0. The molecular weight excluding hydrogens is 408 g/mol. The first-order valence-electron chi connectivity index (χ1n) is 13.5. The molecule has 0 spiro atoms. The van der Waals surface area contributed by atoms with Crippen molar-refractivity contribution in [2.75, 3.05) is 0 Å². The largest absolute Gasteiger partial charge is 0.0683 e. The van der Waals surface area contributed by atoms with Gasteiger partial charge in [-0.05, 0) is 118 Å². The van der Waals surface area contributed by atoms with Crippen molar-refractivity contribution in [2.24, 2.45) is 0 Å². The van der Waals surface area contributed by atoms with Gasteiger partial charge in [-0.25, -0.2) is 0 Å². The van der Waals surface area contributed by atoms with Gasteiger partial charge < -0.3 is 0 Å². The third-order valence-corrected chi connectivity index (χ3v) is 6.31. The van der Waals surface area contributed by atoms with Crippen molar-refractivity contribution >= 4 is 43.1 Å². The topological polar surface area (TPSA) is 0 Å². The molecule has 0 saturated heterocycles. The highest BCUT2D eigenvalue weighted by Gasteiger charge is 2.19. The van der Waals surface area contributed by atoms with Gasteiger partial charge in [-0.15, -0.1) is 0 Å². The Hall–Kier alpha value is -2.60. The number of benzene rings is 5. The lowest BCUT2D eigenvalue weighted by atomic mass is 9.82. The minimum atomic E-state index is 1.37. The molecule has 0 saturated carbocycles. The molecule has 0 heteroatoms. The second-order valence-corrected chi connectivity index (χ2v) is 8.13. The van der Waals surface area contributed by atoms with Gasteiger partial charge in [0.1, 0.15) is 0 Å². The van der Waals surface area contributed by atoms with Gasteiger partial charge in [-0.3, -0.25) is 0 Å². The van der Waals surface area contributed by atoms with E-state index < -0.39 is 0 Å². The normalized spacial score (nSPS) is 10.1. The van der Waals surface area contributed by atoms with Crippen LogP contribution in [0.1, 0.15) is 88.8 Å². The molecule has 0 radical (unpaired) electrons. The quantitative estimate of drug-likeness (QED) is 0.160. The molecule has 0 unspecified atom stereocenters. The highest BCUT2D eigenvalue weighted by atomic mass is 14.2. The predicted molar refractivity (Wildman–Crippen MR) is 161 cm³/mol. The van der Waals surface area contributed by atoms with Crippen LogP contribution < -0.4 is 0 Å². The van der Waals surface area contributed by atoms with Crippen LogP contribution in [0.4, 0.5) is 0 Å². The molecule has 0 atom stereocenters. The lowest BCUT2D eigenvalue weighted by Gasteiger charge is -2.21. The summed E-state index contributed by atoms with van der Waals surface area (Å²) in [4.78, 5) is 0. The molecule has 5 aromatic rings. The molecule has 0 aliphatic rings. The zero-order valence-electron chi connectivity index (χ0n) is 24.5. The van der Waals surface area contributed by atoms with E-state index in [1.165, 1.54) is 76.5 Å². The van der Waals surface area contributed by atoms with Crippen LogP contribution in [0, 0.1) is 41.5 Å². The molecule has 0 nitrogen and oxygen atoms in total. The van der Waals surface area contributed by atoms with E-state index in [0.29, 0.717) is 0 Å². The molecule has 0 bridgehead atoms. The van der Waals surface area contributed by atoms with Gasteiger partial charge in [0.2, 0.25) is 0 Å². The number of fused-ring (bicyclic) bond motifs is 2. The third kappa shape index (κ3) is 4.65. The summed E-state index contributed by atoms with van der Waals surface area (Å²) in [6.45, 7) is 29.5. The molecule has 0 amide bonds. The van der Waals surface area contributed by atoms with E-state index in [1.54, 1.807) is 0 Å².